The first-order chi connectivity index (χ1) is 12.9. The summed E-state index contributed by atoms with van der Waals surface area (Å²) in [6.07, 6.45) is 4.75. The Morgan fingerprint density at radius 3 is 2.48 bits per heavy atom. The number of halogens is 1. The fourth-order valence-electron chi connectivity index (χ4n) is 3.13. The second-order valence-electron chi connectivity index (χ2n) is 6.67. The van der Waals surface area contributed by atoms with Gasteiger partial charge in [0.2, 0.25) is 10.0 Å². The molecule has 8 heteroatoms. The number of carbonyl (C=O) groups excluding carboxylic acids is 1. The fraction of sp³-hybridized carbons (Fsp3) is 0.368. The molecule has 0 unspecified atom stereocenters. The standard InChI is InChI=1S/C19H22ClN3O3S/c20-18-4-2-1-3-17(18)14-27(25,26)22-13-15-7-11-23(12-8-15)19(24)16-5-9-21-10-6-16/h1-6,9-10,15,22H,7-8,11-14H2. The summed E-state index contributed by atoms with van der Waals surface area (Å²) in [7, 11) is -3.45. The highest BCUT2D eigenvalue weighted by Gasteiger charge is 2.25. The summed E-state index contributed by atoms with van der Waals surface area (Å²) in [5, 5.41) is 0.450. The number of likely N-dealkylation sites (tertiary alicyclic amines) is 1. The van der Waals surface area contributed by atoms with Crippen LogP contribution in [0, 0.1) is 5.92 Å². The van der Waals surface area contributed by atoms with Gasteiger partial charge in [-0.25, -0.2) is 13.1 Å². The SMILES string of the molecule is O=C(c1ccncc1)N1CCC(CNS(=O)(=O)Cc2ccccc2Cl)CC1. The number of pyridine rings is 1. The number of nitrogens with zero attached hydrogens (tertiary/aromatic N) is 2. The predicted octanol–water partition coefficient (Wildman–Crippen LogP) is 2.71. The highest BCUT2D eigenvalue weighted by molar-refractivity contribution is 7.88. The zero-order chi connectivity index (χ0) is 19.3. The molecule has 0 radical (unpaired) electrons. The van der Waals surface area contributed by atoms with Crippen LogP contribution in [0.5, 0.6) is 0 Å². The summed E-state index contributed by atoms with van der Waals surface area (Å²) in [6.45, 7) is 1.63. The third kappa shape index (κ3) is 5.51. The Morgan fingerprint density at radius 2 is 1.81 bits per heavy atom. The average Bonchev–Trinajstić information content (AvgIpc) is 2.69. The van der Waals surface area contributed by atoms with Crippen LogP contribution in [0.1, 0.15) is 28.8 Å². The van der Waals surface area contributed by atoms with Crippen molar-refractivity contribution in [2.45, 2.75) is 18.6 Å². The predicted molar refractivity (Wildman–Crippen MR) is 105 cm³/mol. The summed E-state index contributed by atoms with van der Waals surface area (Å²) in [4.78, 5) is 18.2. The largest absolute Gasteiger partial charge is 0.339 e. The van der Waals surface area contributed by atoms with Gasteiger partial charge in [-0.2, -0.15) is 0 Å². The third-order valence-corrected chi connectivity index (χ3v) is 6.39. The van der Waals surface area contributed by atoms with Crippen molar-refractivity contribution in [2.24, 2.45) is 5.92 Å². The molecule has 1 N–H and O–H groups in total. The number of piperidine rings is 1. The number of amides is 1. The monoisotopic (exact) mass is 407 g/mol. The topological polar surface area (TPSA) is 79.4 Å². The normalized spacial score (nSPS) is 15.7. The number of aromatic nitrogens is 1. The first kappa shape index (κ1) is 19.8. The van der Waals surface area contributed by atoms with Gasteiger partial charge in [-0.05, 0) is 42.5 Å². The number of nitrogens with one attached hydrogen (secondary N) is 1. The first-order valence-corrected chi connectivity index (χ1v) is 10.9. The lowest BCUT2D eigenvalue weighted by Crippen LogP contribution is -2.41. The molecule has 27 heavy (non-hydrogen) atoms. The van der Waals surface area contributed by atoms with Crippen LogP contribution in [-0.4, -0.2) is 43.8 Å². The fourth-order valence-corrected chi connectivity index (χ4v) is 4.67. The van der Waals surface area contributed by atoms with E-state index in [9.17, 15) is 13.2 Å². The molecule has 2 heterocycles. The molecule has 6 nitrogen and oxygen atoms in total. The summed E-state index contributed by atoms with van der Waals surface area (Å²) < 4.78 is 27.3. The smallest absolute Gasteiger partial charge is 0.253 e. The Balaban J connectivity index is 1.48. The Morgan fingerprint density at radius 1 is 1.15 bits per heavy atom. The molecule has 1 aliphatic heterocycles. The van der Waals surface area contributed by atoms with E-state index in [0.717, 1.165) is 12.8 Å². The van der Waals surface area contributed by atoms with Gasteiger partial charge < -0.3 is 4.90 Å². The zero-order valence-electron chi connectivity index (χ0n) is 14.8. The van der Waals surface area contributed by atoms with E-state index >= 15 is 0 Å². The zero-order valence-corrected chi connectivity index (χ0v) is 16.4. The number of carbonyl (C=O) groups is 1. The summed E-state index contributed by atoms with van der Waals surface area (Å²) in [5.41, 5.74) is 1.22. The van der Waals surface area contributed by atoms with E-state index < -0.39 is 10.0 Å². The van der Waals surface area contributed by atoms with Crippen LogP contribution in [0.3, 0.4) is 0 Å². The van der Waals surface area contributed by atoms with Crippen molar-refractivity contribution in [3.05, 3.63) is 64.9 Å². The van der Waals surface area contributed by atoms with Crippen molar-refractivity contribution in [1.29, 1.82) is 0 Å². The summed E-state index contributed by atoms with van der Waals surface area (Å²) in [6, 6.07) is 10.3. The Hall–Kier alpha value is -1.96. The van der Waals surface area contributed by atoms with Crippen LogP contribution in [-0.2, 0) is 15.8 Å². The van der Waals surface area contributed by atoms with Crippen molar-refractivity contribution in [2.75, 3.05) is 19.6 Å². The number of rotatable bonds is 6. The highest BCUT2D eigenvalue weighted by atomic mass is 35.5. The molecule has 0 bridgehead atoms. The molecule has 0 saturated carbocycles. The van der Waals surface area contributed by atoms with E-state index in [-0.39, 0.29) is 17.6 Å². The number of benzene rings is 1. The maximum Gasteiger partial charge on any atom is 0.253 e. The average molecular weight is 408 g/mol. The van der Waals surface area contributed by atoms with Gasteiger partial charge in [-0.15, -0.1) is 0 Å². The molecule has 0 atom stereocenters. The van der Waals surface area contributed by atoms with Gasteiger partial charge in [0.25, 0.3) is 5.91 Å². The molecular weight excluding hydrogens is 386 g/mol. The van der Waals surface area contributed by atoms with E-state index in [0.29, 0.717) is 35.8 Å². The van der Waals surface area contributed by atoms with Gasteiger partial charge in [0, 0.05) is 42.6 Å². The third-order valence-electron chi connectivity index (χ3n) is 4.72. The minimum absolute atomic E-state index is 0.00449. The maximum absolute atomic E-state index is 12.4. The molecule has 2 aromatic rings. The van der Waals surface area contributed by atoms with Crippen molar-refractivity contribution in [3.8, 4) is 0 Å². The van der Waals surface area contributed by atoms with Crippen LogP contribution < -0.4 is 4.72 Å². The Bertz CT molecular complexity index is 882. The van der Waals surface area contributed by atoms with Crippen molar-refractivity contribution >= 4 is 27.5 Å². The number of sulfonamides is 1. The second kappa shape index (κ2) is 8.82. The van der Waals surface area contributed by atoms with Crippen LogP contribution in [0.2, 0.25) is 5.02 Å². The minimum atomic E-state index is -3.45. The van der Waals surface area contributed by atoms with E-state index in [1.165, 1.54) is 0 Å². The van der Waals surface area contributed by atoms with Crippen LogP contribution in [0.15, 0.2) is 48.8 Å². The Labute approximate surface area is 164 Å². The molecule has 1 fully saturated rings. The van der Waals surface area contributed by atoms with Crippen molar-refractivity contribution < 1.29 is 13.2 Å². The molecule has 1 aromatic carbocycles. The summed E-state index contributed by atoms with van der Waals surface area (Å²) >= 11 is 6.04. The van der Waals surface area contributed by atoms with E-state index in [1.807, 2.05) is 4.90 Å². The highest BCUT2D eigenvalue weighted by Crippen LogP contribution is 2.20. The molecule has 144 valence electrons. The second-order valence-corrected chi connectivity index (χ2v) is 8.88. The molecular formula is C19H22ClN3O3S. The van der Waals surface area contributed by atoms with E-state index in [4.69, 9.17) is 11.6 Å². The summed E-state index contributed by atoms with van der Waals surface area (Å²) in [5.74, 6) is 0.0779. The molecule has 1 aliphatic rings. The van der Waals surface area contributed by atoms with Gasteiger partial charge in [-0.1, -0.05) is 29.8 Å². The van der Waals surface area contributed by atoms with Crippen LogP contribution in [0.4, 0.5) is 0 Å². The van der Waals surface area contributed by atoms with Gasteiger partial charge in [-0.3, -0.25) is 9.78 Å². The number of hydrogen-bond donors (Lipinski definition) is 1. The van der Waals surface area contributed by atoms with Crippen LogP contribution >= 0.6 is 11.6 Å². The van der Waals surface area contributed by atoms with E-state index in [2.05, 4.69) is 9.71 Å². The molecule has 1 amide bonds. The maximum atomic E-state index is 12.4. The molecule has 0 spiro atoms. The lowest BCUT2D eigenvalue weighted by atomic mass is 9.97. The number of hydrogen-bond acceptors (Lipinski definition) is 4. The quantitative estimate of drug-likeness (QED) is 0.798. The van der Waals surface area contributed by atoms with Gasteiger partial charge in [0.1, 0.15) is 0 Å². The molecule has 3 rings (SSSR count). The molecule has 1 saturated heterocycles. The van der Waals surface area contributed by atoms with Gasteiger partial charge in [0.05, 0.1) is 5.75 Å². The molecule has 1 aromatic heterocycles. The minimum Gasteiger partial charge on any atom is -0.339 e. The van der Waals surface area contributed by atoms with Gasteiger partial charge in [0.15, 0.2) is 0 Å². The van der Waals surface area contributed by atoms with Gasteiger partial charge >= 0.3 is 0 Å². The van der Waals surface area contributed by atoms with E-state index in [1.54, 1.807) is 48.8 Å². The van der Waals surface area contributed by atoms with Crippen LogP contribution in [0.25, 0.3) is 0 Å². The van der Waals surface area contributed by atoms with Crippen molar-refractivity contribution in [1.82, 2.24) is 14.6 Å². The lowest BCUT2D eigenvalue weighted by Gasteiger charge is -2.32. The molecule has 0 aliphatic carbocycles. The first-order valence-electron chi connectivity index (χ1n) is 8.84. The van der Waals surface area contributed by atoms with Crippen molar-refractivity contribution in [3.63, 3.8) is 0 Å². The lowest BCUT2D eigenvalue weighted by molar-refractivity contribution is 0.0692. The Kier molecular flexibility index (Phi) is 6.46.